The maximum Gasteiger partial charge on any atom is 0.411 e. The van der Waals surface area contributed by atoms with E-state index in [2.05, 4.69) is 4.74 Å². The maximum atomic E-state index is 12.3. The van der Waals surface area contributed by atoms with Gasteiger partial charge in [-0.15, -0.1) is 0 Å². The van der Waals surface area contributed by atoms with Crippen LogP contribution in [0, 0.1) is 0 Å². The van der Waals surface area contributed by atoms with Gasteiger partial charge in [-0.2, -0.15) is 0 Å². The molecule has 1 aliphatic rings. The lowest BCUT2D eigenvalue weighted by Crippen LogP contribution is -2.28. The van der Waals surface area contributed by atoms with Gasteiger partial charge in [-0.25, -0.2) is 9.59 Å². The molecule has 0 N–H and O–H groups in total. The SMILES string of the molecule is COC(=O)/C=C/[C@H]1[C@H](Cc2ccccc2)N1C(=O)OC(C)(C)C. The molecule has 1 aliphatic heterocycles. The molecule has 2 rings (SSSR count). The molecule has 1 amide bonds. The lowest BCUT2D eigenvalue weighted by Gasteiger charge is -2.20. The van der Waals surface area contributed by atoms with E-state index >= 15 is 0 Å². The van der Waals surface area contributed by atoms with E-state index in [0.29, 0.717) is 0 Å². The fraction of sp³-hybridized carbons (Fsp3) is 0.444. The molecule has 2 atom stereocenters. The summed E-state index contributed by atoms with van der Waals surface area (Å²) in [7, 11) is 1.33. The number of methoxy groups -OCH3 is 1. The van der Waals surface area contributed by atoms with Gasteiger partial charge in [0, 0.05) is 6.08 Å². The van der Waals surface area contributed by atoms with Gasteiger partial charge in [-0.1, -0.05) is 36.4 Å². The summed E-state index contributed by atoms with van der Waals surface area (Å²) in [5, 5.41) is 0. The average molecular weight is 317 g/mol. The van der Waals surface area contributed by atoms with Crippen LogP contribution in [-0.4, -0.2) is 41.8 Å². The Morgan fingerprint density at radius 2 is 1.87 bits per heavy atom. The molecular formula is C18H23NO4. The molecule has 0 radical (unpaired) electrons. The molecule has 1 heterocycles. The second-order valence-corrected chi connectivity index (χ2v) is 6.52. The van der Waals surface area contributed by atoms with Crippen molar-refractivity contribution in [1.29, 1.82) is 0 Å². The third-order valence-electron chi connectivity index (χ3n) is 3.51. The van der Waals surface area contributed by atoms with Crippen LogP contribution >= 0.6 is 0 Å². The summed E-state index contributed by atoms with van der Waals surface area (Å²) in [6.45, 7) is 5.50. The van der Waals surface area contributed by atoms with Gasteiger partial charge in [0.15, 0.2) is 0 Å². The highest BCUT2D eigenvalue weighted by Gasteiger charge is 2.50. The van der Waals surface area contributed by atoms with E-state index in [-0.39, 0.29) is 18.2 Å². The molecule has 0 bridgehead atoms. The molecule has 5 heteroatoms. The van der Waals surface area contributed by atoms with Crippen LogP contribution in [0.3, 0.4) is 0 Å². The van der Waals surface area contributed by atoms with Gasteiger partial charge in [0.25, 0.3) is 0 Å². The van der Waals surface area contributed by atoms with Gasteiger partial charge in [-0.05, 0) is 32.8 Å². The van der Waals surface area contributed by atoms with Gasteiger partial charge in [-0.3, -0.25) is 4.90 Å². The Labute approximate surface area is 136 Å². The molecule has 0 saturated carbocycles. The van der Waals surface area contributed by atoms with Crippen LogP contribution in [0.1, 0.15) is 26.3 Å². The van der Waals surface area contributed by atoms with Crippen molar-refractivity contribution in [3.63, 3.8) is 0 Å². The highest BCUT2D eigenvalue weighted by atomic mass is 16.6. The monoisotopic (exact) mass is 317 g/mol. The fourth-order valence-electron chi connectivity index (χ4n) is 2.41. The Morgan fingerprint density at radius 1 is 1.22 bits per heavy atom. The van der Waals surface area contributed by atoms with Crippen LogP contribution in [0.2, 0.25) is 0 Å². The summed E-state index contributed by atoms with van der Waals surface area (Å²) in [4.78, 5) is 25.2. The second kappa shape index (κ2) is 6.86. The number of carbonyl (C=O) groups excluding carboxylic acids is 2. The van der Waals surface area contributed by atoms with Gasteiger partial charge in [0.2, 0.25) is 0 Å². The topological polar surface area (TPSA) is 55.6 Å². The van der Waals surface area contributed by atoms with Crippen LogP contribution < -0.4 is 0 Å². The normalized spacial score (nSPS) is 20.4. The molecular weight excluding hydrogens is 294 g/mol. The van der Waals surface area contributed by atoms with E-state index in [1.807, 2.05) is 51.1 Å². The minimum Gasteiger partial charge on any atom is -0.466 e. The first-order valence-corrected chi connectivity index (χ1v) is 7.63. The number of hydrogen-bond donors (Lipinski definition) is 0. The maximum absolute atomic E-state index is 12.3. The number of esters is 1. The van der Waals surface area contributed by atoms with Crippen LogP contribution in [-0.2, 0) is 20.7 Å². The zero-order valence-electron chi connectivity index (χ0n) is 14.0. The van der Waals surface area contributed by atoms with Crippen molar-refractivity contribution in [3.8, 4) is 0 Å². The lowest BCUT2D eigenvalue weighted by molar-refractivity contribution is -0.134. The molecule has 124 valence electrons. The summed E-state index contributed by atoms with van der Waals surface area (Å²) in [5.74, 6) is -0.431. The Kier molecular flexibility index (Phi) is 5.08. The molecule has 0 aromatic heterocycles. The predicted octanol–water partition coefficient (Wildman–Crippen LogP) is 2.95. The lowest BCUT2D eigenvalue weighted by atomic mass is 10.1. The van der Waals surface area contributed by atoms with Crippen molar-refractivity contribution in [3.05, 3.63) is 48.0 Å². The zero-order valence-corrected chi connectivity index (χ0v) is 14.0. The second-order valence-electron chi connectivity index (χ2n) is 6.52. The van der Waals surface area contributed by atoms with Gasteiger partial charge < -0.3 is 9.47 Å². The molecule has 0 aliphatic carbocycles. The number of hydrogen-bond acceptors (Lipinski definition) is 4. The molecule has 1 fully saturated rings. The van der Waals surface area contributed by atoms with Crippen LogP contribution in [0.4, 0.5) is 4.79 Å². The summed E-state index contributed by atoms with van der Waals surface area (Å²) in [6.07, 6.45) is 3.41. The first-order valence-electron chi connectivity index (χ1n) is 7.63. The highest BCUT2D eigenvalue weighted by molar-refractivity contribution is 5.82. The smallest absolute Gasteiger partial charge is 0.411 e. The summed E-state index contributed by atoms with van der Waals surface area (Å²) in [5.41, 5.74) is 0.591. The summed E-state index contributed by atoms with van der Waals surface area (Å²) >= 11 is 0. The Morgan fingerprint density at radius 3 is 2.43 bits per heavy atom. The number of amides is 1. The Hall–Kier alpha value is -2.30. The quantitative estimate of drug-likeness (QED) is 0.487. The number of nitrogens with zero attached hydrogens (tertiary/aromatic N) is 1. The third-order valence-corrected chi connectivity index (χ3v) is 3.51. The molecule has 5 nitrogen and oxygen atoms in total. The first-order chi connectivity index (χ1) is 10.8. The molecule has 23 heavy (non-hydrogen) atoms. The third kappa shape index (κ3) is 4.84. The van der Waals surface area contributed by atoms with Crippen LogP contribution in [0.5, 0.6) is 0 Å². The molecule has 0 spiro atoms. The Bertz CT molecular complexity index is 589. The van der Waals surface area contributed by atoms with Crippen molar-refractivity contribution in [2.75, 3.05) is 7.11 Å². The average Bonchev–Trinajstić information content (AvgIpc) is 3.16. The molecule has 1 saturated heterocycles. The van der Waals surface area contributed by atoms with Gasteiger partial charge >= 0.3 is 12.1 Å². The summed E-state index contributed by atoms with van der Waals surface area (Å²) in [6, 6.07) is 9.77. The molecule has 0 unspecified atom stereocenters. The molecule has 1 aromatic rings. The van der Waals surface area contributed by atoms with Crippen molar-refractivity contribution >= 4 is 12.1 Å². The van der Waals surface area contributed by atoms with Crippen molar-refractivity contribution < 1.29 is 19.1 Å². The van der Waals surface area contributed by atoms with Crippen LogP contribution in [0.25, 0.3) is 0 Å². The number of benzene rings is 1. The van der Waals surface area contributed by atoms with Crippen molar-refractivity contribution in [1.82, 2.24) is 4.90 Å². The fourth-order valence-corrected chi connectivity index (χ4v) is 2.41. The van der Waals surface area contributed by atoms with E-state index < -0.39 is 11.6 Å². The van der Waals surface area contributed by atoms with E-state index in [9.17, 15) is 9.59 Å². The van der Waals surface area contributed by atoms with Gasteiger partial charge in [0.1, 0.15) is 5.60 Å². The van der Waals surface area contributed by atoms with E-state index in [1.54, 1.807) is 11.0 Å². The number of carbonyl (C=O) groups is 2. The van der Waals surface area contributed by atoms with E-state index in [1.165, 1.54) is 13.2 Å². The van der Waals surface area contributed by atoms with Crippen molar-refractivity contribution in [2.45, 2.75) is 44.9 Å². The standard InChI is InChI=1S/C18H23NO4/c1-18(2,3)23-17(21)19-14(10-11-16(20)22-4)15(19)12-13-8-6-5-7-9-13/h5-11,14-15H,12H2,1-4H3/b11-10+/t14-,15-,19?/m0/s1. The van der Waals surface area contributed by atoms with E-state index in [0.717, 1.165) is 12.0 Å². The zero-order chi connectivity index (χ0) is 17.0. The van der Waals surface area contributed by atoms with Crippen LogP contribution in [0.15, 0.2) is 42.5 Å². The first kappa shape index (κ1) is 17.1. The number of ether oxygens (including phenoxy) is 2. The predicted molar refractivity (Wildman–Crippen MR) is 87.0 cm³/mol. The minimum absolute atomic E-state index is 0.00634. The van der Waals surface area contributed by atoms with Crippen molar-refractivity contribution in [2.24, 2.45) is 0 Å². The largest absolute Gasteiger partial charge is 0.466 e. The summed E-state index contributed by atoms with van der Waals surface area (Å²) < 4.78 is 10.0. The van der Waals surface area contributed by atoms with E-state index in [4.69, 9.17) is 4.74 Å². The Balaban J connectivity index is 2.08. The minimum atomic E-state index is -0.548. The molecule has 1 aromatic carbocycles. The highest BCUT2D eigenvalue weighted by Crippen LogP contribution is 2.34. The number of rotatable bonds is 4. The van der Waals surface area contributed by atoms with Gasteiger partial charge in [0.05, 0.1) is 19.2 Å².